The van der Waals surface area contributed by atoms with E-state index in [0.29, 0.717) is 21.4 Å². The number of halogens is 2. The summed E-state index contributed by atoms with van der Waals surface area (Å²) in [5, 5.41) is 11.9. The Kier molecular flexibility index (Phi) is 3.39. The Hall–Kier alpha value is -0.930. The number of hydrogen-bond acceptors (Lipinski definition) is 3. The van der Waals surface area contributed by atoms with E-state index in [2.05, 4.69) is 5.16 Å². The molecule has 1 N–H and O–H groups in total. The highest BCUT2D eigenvalue weighted by Crippen LogP contribution is 2.33. The minimum absolute atomic E-state index is 0.380. The van der Waals surface area contributed by atoms with E-state index < -0.39 is 0 Å². The first-order valence-electron chi connectivity index (χ1n) is 3.39. The van der Waals surface area contributed by atoms with Crippen LogP contribution in [-0.2, 0) is 0 Å². The number of hydrogen-bond donors (Lipinski definition) is 1. The fraction of sp³-hybridized carbons (Fsp3) is 0.125. The summed E-state index contributed by atoms with van der Waals surface area (Å²) in [6, 6.07) is 3.18. The van der Waals surface area contributed by atoms with E-state index in [-0.39, 0.29) is 0 Å². The van der Waals surface area contributed by atoms with E-state index in [1.54, 1.807) is 12.1 Å². The van der Waals surface area contributed by atoms with Crippen LogP contribution in [0.25, 0.3) is 0 Å². The average Bonchev–Trinajstić information content (AvgIpc) is 2.04. The Morgan fingerprint density at radius 3 is 2.31 bits per heavy atom. The van der Waals surface area contributed by atoms with Gasteiger partial charge in [-0.05, 0) is 17.7 Å². The second kappa shape index (κ2) is 4.35. The molecule has 0 amide bonds. The molecule has 0 radical (unpaired) electrons. The van der Waals surface area contributed by atoms with Crippen molar-refractivity contribution in [2.45, 2.75) is 0 Å². The van der Waals surface area contributed by atoms with Crippen molar-refractivity contribution in [3.05, 3.63) is 27.7 Å². The zero-order chi connectivity index (χ0) is 9.84. The van der Waals surface area contributed by atoms with E-state index in [4.69, 9.17) is 33.1 Å². The van der Waals surface area contributed by atoms with Crippen LogP contribution in [0.4, 0.5) is 0 Å². The predicted octanol–water partition coefficient (Wildman–Crippen LogP) is 2.81. The number of methoxy groups -OCH3 is 1. The molecule has 0 fully saturated rings. The van der Waals surface area contributed by atoms with E-state index in [9.17, 15) is 0 Å². The molecule has 13 heavy (non-hydrogen) atoms. The van der Waals surface area contributed by atoms with Gasteiger partial charge in [-0.15, -0.1) is 0 Å². The molecule has 0 aliphatic rings. The van der Waals surface area contributed by atoms with Crippen LogP contribution in [0.1, 0.15) is 5.56 Å². The molecule has 0 aliphatic heterocycles. The van der Waals surface area contributed by atoms with E-state index >= 15 is 0 Å². The monoisotopic (exact) mass is 219 g/mol. The minimum Gasteiger partial charge on any atom is -0.494 e. The van der Waals surface area contributed by atoms with Crippen LogP contribution in [0.3, 0.4) is 0 Å². The van der Waals surface area contributed by atoms with E-state index in [1.165, 1.54) is 13.3 Å². The third kappa shape index (κ3) is 2.26. The maximum atomic E-state index is 8.28. The molecular formula is C8H7Cl2NO2. The van der Waals surface area contributed by atoms with Crippen molar-refractivity contribution in [1.29, 1.82) is 0 Å². The van der Waals surface area contributed by atoms with Gasteiger partial charge >= 0.3 is 0 Å². The van der Waals surface area contributed by atoms with Crippen molar-refractivity contribution in [1.82, 2.24) is 0 Å². The highest BCUT2D eigenvalue weighted by Gasteiger charge is 2.07. The molecule has 0 unspecified atom stereocenters. The normalized spacial score (nSPS) is 10.7. The van der Waals surface area contributed by atoms with Crippen molar-refractivity contribution < 1.29 is 9.94 Å². The van der Waals surface area contributed by atoms with Crippen LogP contribution in [0.2, 0.25) is 10.0 Å². The molecule has 0 aromatic heterocycles. The van der Waals surface area contributed by atoms with Gasteiger partial charge in [-0.3, -0.25) is 0 Å². The molecule has 0 aliphatic carbocycles. The van der Waals surface area contributed by atoms with Gasteiger partial charge in [-0.1, -0.05) is 28.4 Å². The van der Waals surface area contributed by atoms with Gasteiger partial charge in [0.1, 0.15) is 0 Å². The molecule has 1 aromatic carbocycles. The molecule has 0 bridgehead atoms. The summed E-state index contributed by atoms with van der Waals surface area (Å²) < 4.78 is 4.94. The Morgan fingerprint density at radius 1 is 1.38 bits per heavy atom. The fourth-order valence-corrected chi connectivity index (χ4v) is 1.57. The predicted molar refractivity (Wildman–Crippen MR) is 52.4 cm³/mol. The van der Waals surface area contributed by atoms with Gasteiger partial charge in [0.15, 0.2) is 5.75 Å². The van der Waals surface area contributed by atoms with E-state index in [0.717, 1.165) is 0 Å². The number of nitrogens with zero attached hydrogens (tertiary/aromatic N) is 1. The van der Waals surface area contributed by atoms with Crippen molar-refractivity contribution in [3.8, 4) is 5.75 Å². The van der Waals surface area contributed by atoms with Gasteiger partial charge in [0.05, 0.1) is 23.4 Å². The number of benzene rings is 1. The lowest BCUT2D eigenvalue weighted by Gasteiger charge is -2.05. The summed E-state index contributed by atoms with van der Waals surface area (Å²) in [7, 11) is 1.48. The summed E-state index contributed by atoms with van der Waals surface area (Å²) in [5.41, 5.74) is 0.610. The largest absolute Gasteiger partial charge is 0.494 e. The standard InChI is InChI=1S/C8H7Cl2NO2/c1-13-8-6(9)2-5(4-11-12)3-7(8)10/h2-4,12H,1H3/b11-4+. The third-order valence-corrected chi connectivity index (χ3v) is 1.99. The zero-order valence-corrected chi connectivity index (χ0v) is 8.30. The second-order valence-electron chi connectivity index (χ2n) is 2.26. The average molecular weight is 220 g/mol. The molecule has 0 heterocycles. The van der Waals surface area contributed by atoms with Crippen molar-refractivity contribution >= 4 is 29.4 Å². The summed E-state index contributed by atoms with van der Waals surface area (Å²) in [5.74, 6) is 0.415. The second-order valence-corrected chi connectivity index (χ2v) is 3.08. The molecular weight excluding hydrogens is 213 g/mol. The van der Waals surface area contributed by atoms with Crippen molar-refractivity contribution in [2.75, 3.05) is 7.11 Å². The SMILES string of the molecule is COc1c(Cl)cc(/C=N/O)cc1Cl. The van der Waals surface area contributed by atoms with Crippen LogP contribution in [-0.4, -0.2) is 18.5 Å². The lowest BCUT2D eigenvalue weighted by molar-refractivity contribution is 0.322. The highest BCUT2D eigenvalue weighted by molar-refractivity contribution is 6.37. The molecule has 0 saturated carbocycles. The Labute approximate surface area is 85.5 Å². The lowest BCUT2D eigenvalue weighted by atomic mass is 10.2. The van der Waals surface area contributed by atoms with Crippen molar-refractivity contribution in [2.24, 2.45) is 5.16 Å². The lowest BCUT2D eigenvalue weighted by Crippen LogP contribution is -1.88. The van der Waals surface area contributed by atoms with Crippen LogP contribution < -0.4 is 4.74 Å². The first-order chi connectivity index (χ1) is 6.19. The smallest absolute Gasteiger partial charge is 0.156 e. The molecule has 0 spiro atoms. The number of oxime groups is 1. The molecule has 1 rings (SSSR count). The topological polar surface area (TPSA) is 41.8 Å². The van der Waals surface area contributed by atoms with Crippen LogP contribution in [0.5, 0.6) is 5.75 Å². The van der Waals surface area contributed by atoms with Gasteiger partial charge in [0, 0.05) is 0 Å². The van der Waals surface area contributed by atoms with Gasteiger partial charge < -0.3 is 9.94 Å². The molecule has 3 nitrogen and oxygen atoms in total. The molecule has 1 aromatic rings. The van der Waals surface area contributed by atoms with Gasteiger partial charge in [-0.2, -0.15) is 0 Å². The molecule has 5 heteroatoms. The summed E-state index contributed by atoms with van der Waals surface area (Å²) in [6.45, 7) is 0. The van der Waals surface area contributed by atoms with Crippen LogP contribution >= 0.6 is 23.2 Å². The van der Waals surface area contributed by atoms with Crippen LogP contribution in [0.15, 0.2) is 17.3 Å². The summed E-state index contributed by atoms with van der Waals surface area (Å²) in [4.78, 5) is 0. The van der Waals surface area contributed by atoms with Gasteiger partial charge in [-0.25, -0.2) is 0 Å². The van der Waals surface area contributed by atoms with E-state index in [1.807, 2.05) is 0 Å². The Bertz CT molecular complexity index is 316. The number of rotatable bonds is 2. The maximum Gasteiger partial charge on any atom is 0.156 e. The van der Waals surface area contributed by atoms with Gasteiger partial charge in [0.25, 0.3) is 0 Å². The van der Waals surface area contributed by atoms with Crippen molar-refractivity contribution in [3.63, 3.8) is 0 Å². The molecule has 0 atom stereocenters. The summed E-state index contributed by atoms with van der Waals surface area (Å²) >= 11 is 11.6. The Balaban J connectivity index is 3.20. The first kappa shape index (κ1) is 10.2. The Morgan fingerprint density at radius 2 is 1.92 bits per heavy atom. The highest BCUT2D eigenvalue weighted by atomic mass is 35.5. The zero-order valence-electron chi connectivity index (χ0n) is 6.79. The molecule has 70 valence electrons. The van der Waals surface area contributed by atoms with Gasteiger partial charge in [0.2, 0.25) is 0 Å². The third-order valence-electron chi connectivity index (χ3n) is 1.43. The molecule has 0 saturated heterocycles. The maximum absolute atomic E-state index is 8.28. The fourth-order valence-electron chi connectivity index (χ4n) is 0.916. The first-order valence-corrected chi connectivity index (χ1v) is 4.15. The quantitative estimate of drug-likeness (QED) is 0.473. The van der Waals surface area contributed by atoms with Crippen LogP contribution in [0, 0.1) is 0 Å². The number of ether oxygens (including phenoxy) is 1. The minimum atomic E-state index is 0.380. The summed E-state index contributed by atoms with van der Waals surface area (Å²) in [6.07, 6.45) is 1.23.